The standard InChI is InChI=1S/C17H16F3NO3/c18-17(19,20)14-3-1-2-11(8-14)12-4-6-21(9-12)10-13-5-7-24-15(13)16(22)23/h1-3,5,7-8,12H,4,6,9-10H2,(H,22,23). The molecule has 0 aliphatic carbocycles. The maximum absolute atomic E-state index is 12.8. The van der Waals surface area contributed by atoms with Gasteiger partial charge in [-0.1, -0.05) is 18.2 Å². The summed E-state index contributed by atoms with van der Waals surface area (Å²) in [4.78, 5) is 13.1. The Labute approximate surface area is 136 Å². The van der Waals surface area contributed by atoms with Gasteiger partial charge in [-0.25, -0.2) is 4.79 Å². The van der Waals surface area contributed by atoms with Crippen LogP contribution < -0.4 is 0 Å². The number of alkyl halides is 3. The van der Waals surface area contributed by atoms with Gasteiger partial charge in [-0.15, -0.1) is 0 Å². The third-order valence-corrected chi connectivity index (χ3v) is 4.29. The molecule has 128 valence electrons. The van der Waals surface area contributed by atoms with Crippen molar-refractivity contribution in [3.05, 3.63) is 59.0 Å². The fourth-order valence-corrected chi connectivity index (χ4v) is 3.11. The quantitative estimate of drug-likeness (QED) is 0.915. The lowest BCUT2D eigenvalue weighted by molar-refractivity contribution is -0.137. The predicted molar refractivity (Wildman–Crippen MR) is 79.7 cm³/mol. The zero-order valence-corrected chi connectivity index (χ0v) is 12.7. The summed E-state index contributed by atoms with van der Waals surface area (Å²) in [5.74, 6) is -1.20. The second kappa shape index (κ2) is 6.32. The van der Waals surface area contributed by atoms with Crippen molar-refractivity contribution in [2.75, 3.05) is 13.1 Å². The van der Waals surface area contributed by atoms with E-state index in [-0.39, 0.29) is 11.7 Å². The van der Waals surface area contributed by atoms with E-state index in [0.29, 0.717) is 30.8 Å². The Morgan fingerprint density at radius 2 is 2.12 bits per heavy atom. The lowest BCUT2D eigenvalue weighted by Crippen LogP contribution is -2.20. The number of carboxylic acid groups (broad SMARTS) is 1. The van der Waals surface area contributed by atoms with Crippen LogP contribution in [-0.4, -0.2) is 29.1 Å². The SMILES string of the molecule is O=C(O)c1occc1CN1CCC(c2cccc(C(F)(F)F)c2)C1. The summed E-state index contributed by atoms with van der Waals surface area (Å²) in [5.41, 5.74) is 0.603. The van der Waals surface area contributed by atoms with Gasteiger partial charge >= 0.3 is 12.1 Å². The van der Waals surface area contributed by atoms with E-state index in [4.69, 9.17) is 9.52 Å². The molecule has 4 nitrogen and oxygen atoms in total. The van der Waals surface area contributed by atoms with Gasteiger partial charge in [0, 0.05) is 18.7 Å². The van der Waals surface area contributed by atoms with E-state index in [1.165, 1.54) is 18.4 Å². The summed E-state index contributed by atoms with van der Waals surface area (Å²) in [6.45, 7) is 1.70. The van der Waals surface area contributed by atoms with Crippen LogP contribution in [0.3, 0.4) is 0 Å². The lowest BCUT2D eigenvalue weighted by atomic mass is 9.96. The Hall–Kier alpha value is -2.28. The first kappa shape index (κ1) is 16.6. The first-order chi connectivity index (χ1) is 11.3. The molecular weight excluding hydrogens is 323 g/mol. The number of halogens is 3. The molecule has 1 unspecified atom stereocenters. The molecule has 0 saturated carbocycles. The van der Waals surface area contributed by atoms with Gasteiger partial charge < -0.3 is 9.52 Å². The highest BCUT2D eigenvalue weighted by Gasteiger charge is 2.32. The largest absolute Gasteiger partial charge is 0.475 e. The van der Waals surface area contributed by atoms with Crippen LogP contribution in [0.2, 0.25) is 0 Å². The van der Waals surface area contributed by atoms with Gasteiger partial charge in [-0.2, -0.15) is 13.2 Å². The van der Waals surface area contributed by atoms with E-state index < -0.39 is 17.7 Å². The molecule has 1 aromatic carbocycles. The number of likely N-dealkylation sites (tertiary alicyclic amines) is 1. The predicted octanol–water partition coefficient (Wildman–Crippen LogP) is 3.99. The molecule has 1 saturated heterocycles. The molecule has 0 radical (unpaired) electrons. The molecule has 1 atom stereocenters. The summed E-state index contributed by atoms with van der Waals surface area (Å²) in [6, 6.07) is 7.03. The highest BCUT2D eigenvalue weighted by molar-refractivity contribution is 5.86. The number of aromatic carboxylic acids is 1. The first-order valence-electron chi connectivity index (χ1n) is 7.54. The Bertz CT molecular complexity index is 739. The third-order valence-electron chi connectivity index (χ3n) is 4.29. The molecule has 0 spiro atoms. The molecule has 0 amide bonds. The number of carbonyl (C=O) groups is 1. The van der Waals surface area contributed by atoms with E-state index in [1.54, 1.807) is 12.1 Å². The molecule has 1 aromatic heterocycles. The molecule has 1 aliphatic heterocycles. The van der Waals surface area contributed by atoms with Crippen LogP contribution in [0.4, 0.5) is 13.2 Å². The summed E-state index contributed by atoms with van der Waals surface area (Å²) < 4.78 is 43.4. The van der Waals surface area contributed by atoms with Crippen LogP contribution in [-0.2, 0) is 12.7 Å². The Morgan fingerprint density at radius 1 is 1.33 bits per heavy atom. The van der Waals surface area contributed by atoms with Crippen molar-refractivity contribution < 1.29 is 27.5 Å². The van der Waals surface area contributed by atoms with Gasteiger partial charge in [0.25, 0.3) is 0 Å². The van der Waals surface area contributed by atoms with Gasteiger partial charge in [-0.05, 0) is 36.6 Å². The van der Waals surface area contributed by atoms with E-state index >= 15 is 0 Å². The van der Waals surface area contributed by atoms with Crippen LogP contribution in [0.5, 0.6) is 0 Å². The highest BCUT2D eigenvalue weighted by Crippen LogP contribution is 2.34. The Balaban J connectivity index is 1.69. The highest BCUT2D eigenvalue weighted by atomic mass is 19.4. The van der Waals surface area contributed by atoms with E-state index in [9.17, 15) is 18.0 Å². The maximum Gasteiger partial charge on any atom is 0.416 e. The van der Waals surface area contributed by atoms with Gasteiger partial charge in [0.15, 0.2) is 0 Å². The zero-order chi connectivity index (χ0) is 17.3. The molecule has 7 heteroatoms. The smallest absolute Gasteiger partial charge is 0.416 e. The lowest BCUT2D eigenvalue weighted by Gasteiger charge is -2.16. The number of hydrogen-bond acceptors (Lipinski definition) is 3. The number of hydrogen-bond donors (Lipinski definition) is 1. The molecule has 24 heavy (non-hydrogen) atoms. The minimum Gasteiger partial charge on any atom is -0.475 e. The van der Waals surface area contributed by atoms with Crippen molar-refractivity contribution in [1.82, 2.24) is 4.90 Å². The topological polar surface area (TPSA) is 53.7 Å². The molecule has 3 rings (SSSR count). The van der Waals surface area contributed by atoms with Crippen molar-refractivity contribution >= 4 is 5.97 Å². The second-order valence-electron chi connectivity index (χ2n) is 5.92. The molecular formula is C17H16F3NO3. The minimum absolute atomic E-state index is 0.00693. The zero-order valence-electron chi connectivity index (χ0n) is 12.7. The van der Waals surface area contributed by atoms with E-state index in [0.717, 1.165) is 12.5 Å². The van der Waals surface area contributed by atoms with Gasteiger partial charge in [0.2, 0.25) is 5.76 Å². The molecule has 0 bridgehead atoms. The van der Waals surface area contributed by atoms with Crippen LogP contribution in [0.15, 0.2) is 41.0 Å². The monoisotopic (exact) mass is 339 g/mol. The average Bonchev–Trinajstić information content (AvgIpc) is 3.16. The van der Waals surface area contributed by atoms with Crippen molar-refractivity contribution in [3.8, 4) is 0 Å². The molecule has 2 aromatic rings. The summed E-state index contributed by atoms with van der Waals surface area (Å²) in [7, 11) is 0. The van der Waals surface area contributed by atoms with Crippen molar-refractivity contribution in [3.63, 3.8) is 0 Å². The first-order valence-corrected chi connectivity index (χ1v) is 7.54. The van der Waals surface area contributed by atoms with Crippen LogP contribution in [0.1, 0.15) is 39.6 Å². The third kappa shape index (κ3) is 3.46. The normalized spacial score (nSPS) is 18.9. The maximum atomic E-state index is 12.8. The van der Waals surface area contributed by atoms with Gasteiger partial charge in [0.1, 0.15) is 0 Å². The van der Waals surface area contributed by atoms with Crippen LogP contribution >= 0.6 is 0 Å². The molecule has 1 aliphatic rings. The summed E-state index contributed by atoms with van der Waals surface area (Å²) in [6.07, 6.45) is -2.28. The van der Waals surface area contributed by atoms with Crippen molar-refractivity contribution in [2.45, 2.75) is 25.1 Å². The van der Waals surface area contributed by atoms with Crippen LogP contribution in [0.25, 0.3) is 0 Å². The molecule has 1 N–H and O–H groups in total. The molecule has 2 heterocycles. The van der Waals surface area contributed by atoms with E-state index in [1.807, 2.05) is 4.90 Å². The minimum atomic E-state index is -4.35. The number of furan rings is 1. The van der Waals surface area contributed by atoms with E-state index in [2.05, 4.69) is 0 Å². The number of nitrogens with zero attached hydrogens (tertiary/aromatic N) is 1. The summed E-state index contributed by atoms with van der Waals surface area (Å²) >= 11 is 0. The fraction of sp³-hybridized carbons (Fsp3) is 0.353. The average molecular weight is 339 g/mol. The Kier molecular flexibility index (Phi) is 4.36. The van der Waals surface area contributed by atoms with Gasteiger partial charge in [0.05, 0.1) is 11.8 Å². The van der Waals surface area contributed by atoms with Crippen molar-refractivity contribution in [1.29, 1.82) is 0 Å². The Morgan fingerprint density at radius 3 is 2.83 bits per heavy atom. The summed E-state index contributed by atoms with van der Waals surface area (Å²) in [5, 5.41) is 9.05. The number of carboxylic acids is 1. The van der Waals surface area contributed by atoms with Crippen LogP contribution in [0, 0.1) is 0 Å². The second-order valence-corrected chi connectivity index (χ2v) is 5.92. The van der Waals surface area contributed by atoms with Gasteiger partial charge in [-0.3, -0.25) is 4.90 Å². The number of benzene rings is 1. The fourth-order valence-electron chi connectivity index (χ4n) is 3.11. The molecule has 1 fully saturated rings. The number of rotatable bonds is 4. The van der Waals surface area contributed by atoms with Crippen molar-refractivity contribution in [2.24, 2.45) is 0 Å².